The van der Waals surface area contributed by atoms with Crippen LogP contribution >= 0.6 is 0 Å². The largest absolute Gasteiger partial charge is 0.493 e. The zero-order chi connectivity index (χ0) is 14.1. The van der Waals surface area contributed by atoms with E-state index in [9.17, 15) is 4.79 Å². The lowest BCUT2D eigenvalue weighted by molar-refractivity contribution is -0.766. The van der Waals surface area contributed by atoms with Gasteiger partial charge in [-0.25, -0.2) is 0 Å². The van der Waals surface area contributed by atoms with Crippen molar-refractivity contribution >= 4 is 11.4 Å². The highest BCUT2D eigenvalue weighted by Gasteiger charge is 2.26. The van der Waals surface area contributed by atoms with Crippen LogP contribution in [0.1, 0.15) is 5.56 Å². The van der Waals surface area contributed by atoms with Gasteiger partial charge in [-0.2, -0.15) is 0 Å². The maximum absolute atomic E-state index is 12.0. The zero-order valence-corrected chi connectivity index (χ0v) is 11.5. The molecule has 1 aromatic rings. The first-order valence-corrected chi connectivity index (χ1v) is 6.54. The highest BCUT2D eigenvalue weighted by molar-refractivity contribution is 6.09. The van der Waals surface area contributed by atoms with Crippen LogP contribution in [0.2, 0.25) is 0 Å². The van der Waals surface area contributed by atoms with E-state index in [0.29, 0.717) is 5.76 Å². The van der Waals surface area contributed by atoms with Crippen molar-refractivity contribution in [3.05, 3.63) is 77.4 Å². The van der Waals surface area contributed by atoms with Crippen molar-refractivity contribution in [2.75, 3.05) is 14.2 Å². The minimum Gasteiger partial charge on any atom is -0.493 e. The molecule has 0 fully saturated rings. The number of hydrogen-bond acceptors (Lipinski definition) is 2. The van der Waals surface area contributed by atoms with Crippen molar-refractivity contribution in [2.45, 2.75) is 0 Å². The Bertz CT molecular complexity index is 678. The van der Waals surface area contributed by atoms with Gasteiger partial charge in [-0.3, -0.25) is 9.69 Å². The quantitative estimate of drug-likeness (QED) is 0.879. The second kappa shape index (κ2) is 4.94. The number of fused-ring (bicyclic) bond motifs is 1. The van der Waals surface area contributed by atoms with E-state index in [2.05, 4.69) is 31.6 Å². The fraction of sp³-hybridized carbons (Fsp3) is 0.118. The maximum Gasteiger partial charge on any atom is 0.221 e. The van der Waals surface area contributed by atoms with Crippen LogP contribution in [0.15, 0.2) is 71.8 Å². The fourth-order valence-corrected chi connectivity index (χ4v) is 2.54. The van der Waals surface area contributed by atoms with E-state index in [0.717, 1.165) is 27.2 Å². The number of ketones is 1. The summed E-state index contributed by atoms with van der Waals surface area (Å²) >= 11 is 0. The highest BCUT2D eigenvalue weighted by Crippen LogP contribution is 2.33. The summed E-state index contributed by atoms with van der Waals surface area (Å²) in [6.45, 7) is 0. The molecule has 1 N–H and O–H groups in total. The van der Waals surface area contributed by atoms with Crippen LogP contribution in [-0.4, -0.2) is 19.9 Å². The van der Waals surface area contributed by atoms with Crippen LogP contribution in [-0.2, 0) is 9.53 Å². The lowest BCUT2D eigenvalue weighted by Crippen LogP contribution is -2.99. The molecule has 100 valence electrons. The van der Waals surface area contributed by atoms with Gasteiger partial charge < -0.3 is 4.74 Å². The highest BCUT2D eigenvalue weighted by atomic mass is 16.5. The molecule has 0 bridgehead atoms. The number of rotatable bonds is 2. The van der Waals surface area contributed by atoms with E-state index in [1.807, 2.05) is 24.3 Å². The molecule has 2 aliphatic rings. The van der Waals surface area contributed by atoms with Gasteiger partial charge in [0.1, 0.15) is 12.4 Å². The summed E-state index contributed by atoms with van der Waals surface area (Å²) in [6, 6.07) is 10.1. The first-order chi connectivity index (χ1) is 9.69. The van der Waals surface area contributed by atoms with Crippen LogP contribution in [0.4, 0.5) is 0 Å². The molecule has 1 atom stereocenters. The summed E-state index contributed by atoms with van der Waals surface area (Å²) in [5.41, 5.74) is 4.19. The molecule has 1 heterocycles. The topological polar surface area (TPSA) is 30.7 Å². The summed E-state index contributed by atoms with van der Waals surface area (Å²) in [5.74, 6) is 0.308. The molecule has 0 radical (unpaired) electrons. The molecule has 3 rings (SSSR count). The Morgan fingerprint density at radius 2 is 1.75 bits per heavy atom. The van der Waals surface area contributed by atoms with Crippen LogP contribution in [0.25, 0.3) is 5.57 Å². The molecule has 3 nitrogen and oxygen atoms in total. The number of hydrogen-bond donors (Lipinski definition) is 1. The molecule has 0 amide bonds. The maximum atomic E-state index is 12.0. The predicted octanol–water partition coefficient (Wildman–Crippen LogP) is 1.48. The third kappa shape index (κ3) is 2.12. The number of benzene rings is 1. The molecule has 1 aliphatic carbocycles. The number of carbonyl (C=O) groups is 1. The minimum absolute atomic E-state index is 0.0824. The van der Waals surface area contributed by atoms with Gasteiger partial charge in [0.05, 0.1) is 14.2 Å². The standard InChI is InChI=1S/C17H15NO2/c1-18-10-13-8-17(20-2)16(19)9-14(13)15(11-18)12-6-4-3-5-7-12/h3-11H,1-2H3/p+1. The molecule has 0 saturated heterocycles. The van der Waals surface area contributed by atoms with Crippen molar-refractivity contribution in [2.24, 2.45) is 0 Å². The van der Waals surface area contributed by atoms with Crippen LogP contribution in [0, 0.1) is 0 Å². The van der Waals surface area contributed by atoms with E-state index >= 15 is 0 Å². The van der Waals surface area contributed by atoms with E-state index in [-0.39, 0.29) is 5.78 Å². The minimum atomic E-state index is -0.0824. The molecule has 20 heavy (non-hydrogen) atoms. The summed E-state index contributed by atoms with van der Waals surface area (Å²) in [5, 5.41) is 0. The zero-order valence-electron chi connectivity index (χ0n) is 11.5. The molecule has 0 aromatic heterocycles. The normalized spacial score (nSPS) is 21.3. The number of carbonyl (C=O) groups excluding carboxylic acids is 1. The molecular formula is C17H16NO2+. The summed E-state index contributed by atoms with van der Waals surface area (Å²) < 4.78 is 5.13. The van der Waals surface area contributed by atoms with Gasteiger partial charge in [-0.15, -0.1) is 0 Å². The van der Waals surface area contributed by atoms with Crippen molar-refractivity contribution in [3.63, 3.8) is 0 Å². The average molecular weight is 266 g/mol. The Kier molecular flexibility index (Phi) is 3.12. The molecule has 0 saturated carbocycles. The molecule has 1 aliphatic heterocycles. The monoisotopic (exact) mass is 266 g/mol. The van der Waals surface area contributed by atoms with Crippen molar-refractivity contribution < 1.29 is 14.4 Å². The average Bonchev–Trinajstić information content (AvgIpc) is 2.47. The SMILES string of the molecule is COC1=CC2=C[NH+](C)C=C(c3ccccc3)C2=CC1=O. The van der Waals surface area contributed by atoms with Crippen LogP contribution < -0.4 is 4.90 Å². The molecule has 0 spiro atoms. The van der Waals surface area contributed by atoms with Crippen LogP contribution in [0.3, 0.4) is 0 Å². The Hall–Kier alpha value is -2.39. The summed E-state index contributed by atoms with van der Waals surface area (Å²) in [7, 11) is 3.58. The van der Waals surface area contributed by atoms with Gasteiger partial charge in [0.15, 0.2) is 5.76 Å². The molecular weight excluding hydrogens is 250 g/mol. The second-order valence-electron chi connectivity index (χ2n) is 4.90. The van der Waals surface area contributed by atoms with Gasteiger partial charge in [0.25, 0.3) is 0 Å². The van der Waals surface area contributed by atoms with E-state index in [1.54, 1.807) is 6.08 Å². The first kappa shape index (κ1) is 12.6. The Morgan fingerprint density at radius 3 is 2.45 bits per heavy atom. The molecule has 3 heteroatoms. The first-order valence-electron chi connectivity index (χ1n) is 6.54. The van der Waals surface area contributed by atoms with E-state index in [1.165, 1.54) is 7.11 Å². The number of quaternary nitrogens is 1. The van der Waals surface area contributed by atoms with Gasteiger partial charge in [-0.05, 0) is 17.7 Å². The number of allylic oxidation sites excluding steroid dienone is 5. The predicted molar refractivity (Wildman–Crippen MR) is 77.6 cm³/mol. The third-order valence-corrected chi connectivity index (χ3v) is 3.47. The number of nitrogens with one attached hydrogen (secondary N) is 1. The lowest BCUT2D eigenvalue weighted by Gasteiger charge is -2.22. The Morgan fingerprint density at radius 1 is 1.00 bits per heavy atom. The number of ether oxygens (including phenoxy) is 1. The third-order valence-electron chi connectivity index (χ3n) is 3.47. The van der Waals surface area contributed by atoms with E-state index in [4.69, 9.17) is 4.74 Å². The smallest absolute Gasteiger partial charge is 0.221 e. The summed E-state index contributed by atoms with van der Waals surface area (Å²) in [6.07, 6.45) is 7.67. The van der Waals surface area contributed by atoms with Crippen molar-refractivity contribution in [1.82, 2.24) is 0 Å². The van der Waals surface area contributed by atoms with Crippen molar-refractivity contribution in [3.8, 4) is 0 Å². The fourth-order valence-electron chi connectivity index (χ4n) is 2.54. The molecule has 1 aromatic carbocycles. The van der Waals surface area contributed by atoms with Gasteiger partial charge >= 0.3 is 0 Å². The van der Waals surface area contributed by atoms with Crippen molar-refractivity contribution in [1.29, 1.82) is 0 Å². The molecule has 1 unspecified atom stereocenters. The van der Waals surface area contributed by atoms with E-state index < -0.39 is 0 Å². The van der Waals surface area contributed by atoms with Gasteiger partial charge in [0.2, 0.25) is 5.78 Å². The Labute approximate surface area is 118 Å². The van der Waals surface area contributed by atoms with Gasteiger partial charge in [-0.1, -0.05) is 30.3 Å². The van der Waals surface area contributed by atoms with Gasteiger partial charge in [0, 0.05) is 16.7 Å². The number of methoxy groups -OCH3 is 1. The lowest BCUT2D eigenvalue weighted by atomic mass is 9.87. The van der Waals surface area contributed by atoms with Crippen LogP contribution in [0.5, 0.6) is 0 Å². The summed E-state index contributed by atoms with van der Waals surface area (Å²) in [4.78, 5) is 13.2. The second-order valence-corrected chi connectivity index (χ2v) is 4.90. The Balaban J connectivity index is 2.09.